The smallest absolute Gasteiger partial charge is 0.305 e. The molecule has 0 heterocycles. The molecule has 85 heavy (non-hydrogen) atoms. The Hall–Kier alpha value is -1.92. The van der Waals surface area contributed by atoms with E-state index >= 15 is 0 Å². The quantitative estimate of drug-likeness (QED) is 0.0320. The van der Waals surface area contributed by atoms with E-state index in [1.807, 2.05) is 0 Å². The summed E-state index contributed by atoms with van der Waals surface area (Å²) < 4.78 is 5.48. The second-order valence-electron chi connectivity index (χ2n) is 26.7. The zero-order valence-corrected chi connectivity index (χ0v) is 57.6. The predicted octanol–water partition coefficient (Wildman–Crippen LogP) is 25.4. The summed E-state index contributed by atoms with van der Waals surface area (Å²) >= 11 is 0. The van der Waals surface area contributed by atoms with Gasteiger partial charge < -0.3 is 20.3 Å². The number of carbonyl (C=O) groups excluding carboxylic acids is 2. The summed E-state index contributed by atoms with van der Waals surface area (Å²) in [4.78, 5) is 24.6. The number of hydrogen-bond donors (Lipinski definition) is 3. The van der Waals surface area contributed by atoms with Gasteiger partial charge in [0.1, 0.15) is 0 Å². The number of hydrogen-bond acceptors (Lipinski definition) is 5. The van der Waals surface area contributed by atoms with E-state index in [-0.39, 0.29) is 18.5 Å². The first-order chi connectivity index (χ1) is 42.0. The number of amides is 1. The summed E-state index contributed by atoms with van der Waals surface area (Å²) in [5, 5.41) is 23.5. The van der Waals surface area contributed by atoms with Crippen LogP contribution >= 0.6 is 0 Å². The lowest BCUT2D eigenvalue weighted by Crippen LogP contribution is -2.45. The van der Waals surface area contributed by atoms with E-state index in [4.69, 9.17) is 4.74 Å². The van der Waals surface area contributed by atoms with Crippen molar-refractivity contribution >= 4 is 11.9 Å². The molecule has 6 nitrogen and oxygen atoms in total. The molecule has 0 aliphatic rings. The largest absolute Gasteiger partial charge is 0.466 e. The van der Waals surface area contributed by atoms with Crippen molar-refractivity contribution in [1.82, 2.24) is 5.32 Å². The molecule has 0 saturated carbocycles. The van der Waals surface area contributed by atoms with E-state index in [0.717, 1.165) is 51.4 Å². The number of unbranched alkanes of at least 4 members (excludes halogenated alkanes) is 56. The monoisotopic (exact) mass is 1190 g/mol. The van der Waals surface area contributed by atoms with E-state index in [2.05, 4.69) is 55.6 Å². The summed E-state index contributed by atoms with van der Waals surface area (Å²) in [7, 11) is 0. The van der Waals surface area contributed by atoms with Gasteiger partial charge in [-0.1, -0.05) is 371 Å². The van der Waals surface area contributed by atoms with Crippen molar-refractivity contribution in [3.05, 3.63) is 36.5 Å². The summed E-state index contributed by atoms with van der Waals surface area (Å²) in [5.74, 6) is -0.0241. The van der Waals surface area contributed by atoms with Crippen LogP contribution in [0.25, 0.3) is 0 Å². The Morgan fingerprint density at radius 3 is 0.906 bits per heavy atom. The van der Waals surface area contributed by atoms with Crippen molar-refractivity contribution in [2.45, 2.75) is 443 Å². The number of ether oxygens (including phenoxy) is 1. The fraction of sp³-hybridized carbons (Fsp3) is 0.899. The maximum atomic E-state index is 12.6. The fourth-order valence-corrected chi connectivity index (χ4v) is 12.3. The second-order valence-corrected chi connectivity index (χ2v) is 26.7. The van der Waals surface area contributed by atoms with Gasteiger partial charge in [0, 0.05) is 12.8 Å². The van der Waals surface area contributed by atoms with Crippen molar-refractivity contribution in [3.8, 4) is 0 Å². The lowest BCUT2D eigenvalue weighted by Gasteiger charge is -2.22. The average Bonchev–Trinajstić information content (AvgIpc) is 3.50. The van der Waals surface area contributed by atoms with Crippen LogP contribution in [0.5, 0.6) is 0 Å². The predicted molar refractivity (Wildman–Crippen MR) is 375 cm³/mol. The highest BCUT2D eigenvalue weighted by atomic mass is 16.5. The molecule has 2 atom stereocenters. The van der Waals surface area contributed by atoms with Gasteiger partial charge in [0.15, 0.2) is 0 Å². The molecule has 502 valence electrons. The van der Waals surface area contributed by atoms with Crippen LogP contribution in [0.1, 0.15) is 431 Å². The Kier molecular flexibility index (Phi) is 72.9. The molecule has 0 aliphatic heterocycles. The number of rotatable bonds is 73. The molecule has 0 fully saturated rings. The Bertz CT molecular complexity index is 1380. The van der Waals surface area contributed by atoms with Crippen LogP contribution in [0.15, 0.2) is 36.5 Å². The average molecular weight is 1200 g/mol. The summed E-state index contributed by atoms with van der Waals surface area (Å²) in [6, 6.07) is -0.543. The highest BCUT2D eigenvalue weighted by Crippen LogP contribution is 2.19. The van der Waals surface area contributed by atoms with Gasteiger partial charge in [0.2, 0.25) is 5.91 Å². The lowest BCUT2D eigenvalue weighted by atomic mass is 10.0. The third-order valence-corrected chi connectivity index (χ3v) is 18.2. The first-order valence-electron chi connectivity index (χ1n) is 38.7. The van der Waals surface area contributed by atoms with Crippen LogP contribution in [-0.2, 0) is 14.3 Å². The van der Waals surface area contributed by atoms with Gasteiger partial charge in [-0.2, -0.15) is 0 Å². The molecule has 0 saturated heterocycles. The van der Waals surface area contributed by atoms with Gasteiger partial charge in [-0.15, -0.1) is 0 Å². The van der Waals surface area contributed by atoms with E-state index < -0.39 is 12.1 Å². The molecule has 0 rings (SSSR count). The number of carbonyl (C=O) groups is 2. The maximum Gasteiger partial charge on any atom is 0.305 e. The van der Waals surface area contributed by atoms with Crippen LogP contribution in [0.4, 0.5) is 0 Å². The minimum Gasteiger partial charge on any atom is -0.466 e. The van der Waals surface area contributed by atoms with Crippen molar-refractivity contribution < 1.29 is 24.5 Å². The minimum absolute atomic E-state index is 0.00530. The summed E-state index contributed by atoms with van der Waals surface area (Å²) in [6.07, 6.45) is 96.5. The van der Waals surface area contributed by atoms with E-state index in [9.17, 15) is 19.8 Å². The standard InChI is InChI=1S/C79H151NO5/c1-3-5-7-9-11-13-15-17-19-20-21-22-32-35-38-41-44-47-51-55-59-63-67-71-77(82)76(75-81)80-78(83)72-68-64-60-56-52-48-45-42-39-36-33-30-28-26-24-23-25-27-29-31-34-37-40-43-46-50-54-58-62-66-70-74-85-79(84)73-69-65-61-57-53-49-18-16-14-12-10-8-6-4-2/h16,18,25,27,31,34,76-77,81-82H,3-15,17,19-24,26,28-30,32-33,35-75H2,1-2H3,(H,80,83)/b18-16-,27-25-,34-31-. The van der Waals surface area contributed by atoms with Crippen LogP contribution in [0.2, 0.25) is 0 Å². The fourth-order valence-electron chi connectivity index (χ4n) is 12.3. The van der Waals surface area contributed by atoms with E-state index in [0.29, 0.717) is 25.9 Å². The Labute approximate surface area is 532 Å². The number of esters is 1. The van der Waals surface area contributed by atoms with E-state index in [1.165, 1.54) is 347 Å². The normalized spacial score (nSPS) is 12.7. The molecule has 0 radical (unpaired) electrons. The molecule has 3 N–H and O–H groups in total. The molecule has 6 heteroatoms. The van der Waals surface area contributed by atoms with Crippen molar-refractivity contribution in [2.75, 3.05) is 13.2 Å². The molecular formula is C79H151NO5. The second kappa shape index (κ2) is 74.5. The van der Waals surface area contributed by atoms with Gasteiger partial charge in [0.05, 0.1) is 25.4 Å². The molecule has 0 bridgehead atoms. The minimum atomic E-state index is -0.666. The molecule has 0 aromatic rings. The number of aliphatic hydroxyl groups excluding tert-OH is 2. The molecule has 0 aromatic heterocycles. The third-order valence-electron chi connectivity index (χ3n) is 18.2. The number of nitrogens with one attached hydrogen (secondary N) is 1. The van der Waals surface area contributed by atoms with Gasteiger partial charge in [-0.25, -0.2) is 0 Å². The van der Waals surface area contributed by atoms with Crippen LogP contribution in [0.3, 0.4) is 0 Å². The highest BCUT2D eigenvalue weighted by molar-refractivity contribution is 5.76. The zero-order chi connectivity index (χ0) is 61.3. The number of allylic oxidation sites excluding steroid dienone is 6. The molecule has 0 spiro atoms. The molecule has 1 amide bonds. The van der Waals surface area contributed by atoms with Gasteiger partial charge in [-0.3, -0.25) is 9.59 Å². The van der Waals surface area contributed by atoms with Gasteiger partial charge >= 0.3 is 5.97 Å². The summed E-state index contributed by atoms with van der Waals surface area (Å²) in [5.41, 5.74) is 0. The Morgan fingerprint density at radius 1 is 0.329 bits per heavy atom. The van der Waals surface area contributed by atoms with Crippen molar-refractivity contribution in [2.24, 2.45) is 0 Å². The number of aliphatic hydroxyl groups is 2. The Balaban J connectivity index is 3.39. The summed E-state index contributed by atoms with van der Waals surface area (Å²) in [6.45, 7) is 4.98. The first kappa shape index (κ1) is 83.1. The van der Waals surface area contributed by atoms with Crippen LogP contribution in [-0.4, -0.2) is 47.4 Å². The van der Waals surface area contributed by atoms with Crippen LogP contribution < -0.4 is 5.32 Å². The first-order valence-corrected chi connectivity index (χ1v) is 38.7. The van der Waals surface area contributed by atoms with Gasteiger partial charge in [-0.05, 0) is 83.5 Å². The molecule has 0 aliphatic carbocycles. The third kappa shape index (κ3) is 71.0. The lowest BCUT2D eigenvalue weighted by molar-refractivity contribution is -0.143. The van der Waals surface area contributed by atoms with Gasteiger partial charge in [0.25, 0.3) is 0 Å². The van der Waals surface area contributed by atoms with Crippen molar-refractivity contribution in [3.63, 3.8) is 0 Å². The molecule has 2 unspecified atom stereocenters. The van der Waals surface area contributed by atoms with Crippen LogP contribution in [0, 0.1) is 0 Å². The molecule has 0 aromatic carbocycles. The maximum absolute atomic E-state index is 12.6. The van der Waals surface area contributed by atoms with E-state index in [1.54, 1.807) is 0 Å². The van der Waals surface area contributed by atoms with Crippen molar-refractivity contribution in [1.29, 1.82) is 0 Å². The SMILES string of the molecule is CCCCCCC/C=C\CCCCCCCC(=O)OCCCCCCCCCCC/C=C\C/C=C\CCCCCCCCCCCCCCCCCC(=O)NC(CO)C(O)CCCCCCCCCCCCCCCCCCCCCCCCC. The molecular weight excluding hydrogens is 1040 g/mol. The topological polar surface area (TPSA) is 95.9 Å². The zero-order valence-electron chi connectivity index (χ0n) is 57.6. The highest BCUT2D eigenvalue weighted by Gasteiger charge is 2.20. The Morgan fingerprint density at radius 2 is 0.588 bits per heavy atom.